The van der Waals surface area contributed by atoms with Crippen molar-refractivity contribution in [3.8, 4) is 0 Å². The van der Waals surface area contributed by atoms with Crippen LogP contribution in [0.15, 0.2) is 11.6 Å². The highest BCUT2D eigenvalue weighted by Gasteiger charge is 2.69. The first-order valence-electron chi connectivity index (χ1n) is 7.39. The Balaban J connectivity index is 1.69. The van der Waals surface area contributed by atoms with Gasteiger partial charge in [0.15, 0.2) is 0 Å². The van der Waals surface area contributed by atoms with E-state index in [2.05, 4.69) is 13.0 Å². The molecule has 0 radical (unpaired) electrons. The van der Waals surface area contributed by atoms with Crippen molar-refractivity contribution >= 4 is 0 Å². The second kappa shape index (κ2) is 3.85. The zero-order valence-corrected chi connectivity index (χ0v) is 11.3. The van der Waals surface area contributed by atoms with Crippen LogP contribution in [0, 0.1) is 22.7 Å². The average Bonchev–Trinajstić information content (AvgIpc) is 2.92. The van der Waals surface area contributed by atoms with E-state index >= 15 is 0 Å². The Morgan fingerprint density at radius 3 is 2.65 bits per heavy atom. The molecule has 0 unspecified atom stereocenters. The topological polar surface area (TPSA) is 20.2 Å². The molecule has 17 heavy (non-hydrogen) atoms. The molecule has 1 heteroatoms. The Morgan fingerprint density at radius 2 is 2.00 bits per heavy atom. The van der Waals surface area contributed by atoms with Crippen LogP contribution in [0.25, 0.3) is 0 Å². The molecule has 0 saturated heterocycles. The highest BCUT2D eigenvalue weighted by atomic mass is 16.3. The zero-order chi connectivity index (χ0) is 12.1. The minimum absolute atomic E-state index is 0.230. The number of hydrogen-bond donors (Lipinski definition) is 1. The summed E-state index contributed by atoms with van der Waals surface area (Å²) in [5, 5.41) is 9.04. The number of aliphatic hydroxyl groups is 1. The molecule has 0 amide bonds. The van der Waals surface area contributed by atoms with Gasteiger partial charge in [-0.15, -0.1) is 0 Å². The van der Waals surface area contributed by atoms with Crippen molar-refractivity contribution in [2.45, 2.75) is 58.8 Å². The number of rotatable bonds is 4. The summed E-state index contributed by atoms with van der Waals surface area (Å²) in [4.78, 5) is 0. The Kier molecular flexibility index (Phi) is 2.66. The van der Waals surface area contributed by atoms with Gasteiger partial charge in [-0.25, -0.2) is 0 Å². The minimum atomic E-state index is 0.230. The maximum atomic E-state index is 9.04. The molecule has 0 aromatic carbocycles. The molecule has 3 atom stereocenters. The van der Waals surface area contributed by atoms with E-state index in [0.717, 1.165) is 22.8 Å². The van der Waals surface area contributed by atoms with Gasteiger partial charge in [0.05, 0.1) is 6.61 Å². The predicted octanol–water partition coefficient (Wildman–Crippen LogP) is 3.92. The van der Waals surface area contributed by atoms with Crippen LogP contribution in [0.5, 0.6) is 0 Å². The fourth-order valence-corrected chi connectivity index (χ4v) is 5.18. The van der Waals surface area contributed by atoms with E-state index in [1.54, 1.807) is 0 Å². The second-order valence-electron chi connectivity index (χ2n) is 7.03. The van der Waals surface area contributed by atoms with Crippen molar-refractivity contribution in [2.24, 2.45) is 22.7 Å². The van der Waals surface area contributed by atoms with Gasteiger partial charge in [0, 0.05) is 0 Å². The highest BCUT2D eigenvalue weighted by Crippen LogP contribution is 2.78. The summed E-state index contributed by atoms with van der Waals surface area (Å²) in [6, 6.07) is 0. The minimum Gasteiger partial charge on any atom is -0.392 e. The van der Waals surface area contributed by atoms with Crippen molar-refractivity contribution < 1.29 is 5.11 Å². The molecule has 0 aliphatic heterocycles. The standard InChI is InChI=1S/C16H26O/c1-12(11-17)4-3-7-15(2)13-5-6-14(10-13)16(15)8-9-16/h4,13-14,17H,3,5-11H2,1-2H3/b12-4-/t13-,14+,15+/m0/s1. The van der Waals surface area contributed by atoms with E-state index < -0.39 is 0 Å². The number of fused-ring (bicyclic) bond motifs is 3. The quantitative estimate of drug-likeness (QED) is 0.731. The third-order valence-electron chi connectivity index (χ3n) is 6.45. The molecule has 3 saturated carbocycles. The smallest absolute Gasteiger partial charge is 0.0639 e. The van der Waals surface area contributed by atoms with Crippen LogP contribution in [0.1, 0.15) is 58.8 Å². The van der Waals surface area contributed by atoms with E-state index in [1.165, 1.54) is 44.9 Å². The van der Waals surface area contributed by atoms with Crippen LogP contribution in [0.2, 0.25) is 0 Å². The van der Waals surface area contributed by atoms with Crippen LogP contribution in [-0.2, 0) is 0 Å². The van der Waals surface area contributed by atoms with Crippen LogP contribution < -0.4 is 0 Å². The normalized spacial score (nSPS) is 42.4. The molecule has 3 aliphatic rings. The van der Waals surface area contributed by atoms with E-state index in [1.807, 2.05) is 6.92 Å². The molecule has 0 aromatic heterocycles. The maximum Gasteiger partial charge on any atom is 0.0639 e. The van der Waals surface area contributed by atoms with E-state index in [-0.39, 0.29) is 6.61 Å². The first kappa shape index (κ1) is 11.8. The maximum absolute atomic E-state index is 9.04. The SMILES string of the molecule is C/C(=C/CC[C@]1(C)[C@H]2CC[C@H](C2)C12CC2)CO. The van der Waals surface area contributed by atoms with Crippen molar-refractivity contribution in [3.63, 3.8) is 0 Å². The van der Waals surface area contributed by atoms with Crippen LogP contribution in [0.3, 0.4) is 0 Å². The third-order valence-corrected chi connectivity index (χ3v) is 6.45. The number of allylic oxidation sites excluding steroid dienone is 1. The molecule has 3 aliphatic carbocycles. The van der Waals surface area contributed by atoms with Gasteiger partial charge in [0.25, 0.3) is 0 Å². The molecular weight excluding hydrogens is 208 g/mol. The van der Waals surface area contributed by atoms with Gasteiger partial charge < -0.3 is 5.11 Å². The Labute approximate surface area is 105 Å². The molecule has 2 bridgehead atoms. The van der Waals surface area contributed by atoms with Crippen molar-refractivity contribution in [2.75, 3.05) is 6.61 Å². The summed E-state index contributed by atoms with van der Waals surface area (Å²) < 4.78 is 0. The largest absolute Gasteiger partial charge is 0.392 e. The van der Waals surface area contributed by atoms with Crippen LogP contribution >= 0.6 is 0 Å². The summed E-state index contributed by atoms with van der Waals surface area (Å²) in [6.07, 6.45) is 12.3. The lowest BCUT2D eigenvalue weighted by atomic mass is 9.62. The van der Waals surface area contributed by atoms with Crippen molar-refractivity contribution in [3.05, 3.63) is 11.6 Å². The fourth-order valence-electron chi connectivity index (χ4n) is 5.18. The first-order valence-corrected chi connectivity index (χ1v) is 7.39. The van der Waals surface area contributed by atoms with E-state index in [9.17, 15) is 0 Å². The van der Waals surface area contributed by atoms with Gasteiger partial charge in [-0.05, 0) is 74.5 Å². The Morgan fingerprint density at radius 1 is 1.29 bits per heavy atom. The summed E-state index contributed by atoms with van der Waals surface area (Å²) in [7, 11) is 0. The van der Waals surface area contributed by atoms with E-state index in [0.29, 0.717) is 5.41 Å². The van der Waals surface area contributed by atoms with Crippen molar-refractivity contribution in [1.29, 1.82) is 0 Å². The summed E-state index contributed by atoms with van der Waals surface area (Å²) in [6.45, 7) is 4.84. The van der Waals surface area contributed by atoms with Crippen LogP contribution in [-0.4, -0.2) is 11.7 Å². The van der Waals surface area contributed by atoms with Gasteiger partial charge in [0.2, 0.25) is 0 Å². The molecule has 3 rings (SSSR count). The predicted molar refractivity (Wildman–Crippen MR) is 70.7 cm³/mol. The van der Waals surface area contributed by atoms with Gasteiger partial charge in [-0.2, -0.15) is 0 Å². The van der Waals surface area contributed by atoms with Crippen LogP contribution in [0.4, 0.5) is 0 Å². The first-order chi connectivity index (χ1) is 8.12. The van der Waals surface area contributed by atoms with E-state index in [4.69, 9.17) is 5.11 Å². The van der Waals surface area contributed by atoms with Gasteiger partial charge in [-0.3, -0.25) is 0 Å². The zero-order valence-electron chi connectivity index (χ0n) is 11.3. The molecule has 1 nitrogen and oxygen atoms in total. The molecule has 3 fully saturated rings. The summed E-state index contributed by atoms with van der Waals surface area (Å²) in [5.74, 6) is 2.08. The fraction of sp³-hybridized carbons (Fsp3) is 0.875. The van der Waals surface area contributed by atoms with Gasteiger partial charge in [-0.1, -0.05) is 18.6 Å². The monoisotopic (exact) mass is 234 g/mol. The highest BCUT2D eigenvalue weighted by molar-refractivity contribution is 5.19. The molecule has 1 N–H and O–H groups in total. The third kappa shape index (κ3) is 1.54. The summed E-state index contributed by atoms with van der Waals surface area (Å²) >= 11 is 0. The molecular formula is C16H26O. The number of hydrogen-bond acceptors (Lipinski definition) is 1. The molecule has 1 spiro atoms. The lowest BCUT2D eigenvalue weighted by Crippen LogP contribution is -2.35. The second-order valence-corrected chi connectivity index (χ2v) is 7.03. The molecule has 96 valence electrons. The van der Waals surface area contributed by atoms with Gasteiger partial charge >= 0.3 is 0 Å². The van der Waals surface area contributed by atoms with Gasteiger partial charge in [0.1, 0.15) is 0 Å². The Bertz CT molecular complexity index is 339. The van der Waals surface area contributed by atoms with Crippen molar-refractivity contribution in [1.82, 2.24) is 0 Å². The lowest BCUT2D eigenvalue weighted by molar-refractivity contribution is 0.0688. The average molecular weight is 234 g/mol. The Hall–Kier alpha value is -0.300. The molecule has 0 aromatic rings. The number of aliphatic hydroxyl groups excluding tert-OH is 1. The lowest BCUT2D eigenvalue weighted by Gasteiger charge is -2.42. The summed E-state index contributed by atoms with van der Waals surface area (Å²) in [5.41, 5.74) is 2.53. The molecule has 0 heterocycles.